The first-order valence-electron chi connectivity index (χ1n) is 6.51. The number of esters is 1. The lowest BCUT2D eigenvalue weighted by Gasteiger charge is -2.19. The molecule has 0 saturated heterocycles. The summed E-state index contributed by atoms with van der Waals surface area (Å²) in [5, 5.41) is 5.89. The zero-order valence-electron chi connectivity index (χ0n) is 12.1. The molecule has 0 heterocycles. The summed E-state index contributed by atoms with van der Waals surface area (Å²) in [6.07, 6.45) is 0.952. The van der Waals surface area contributed by atoms with E-state index in [0.29, 0.717) is 18.8 Å². The number of hydrogen-bond donors (Lipinski definition) is 2. The number of methoxy groups -OCH3 is 1. The van der Waals surface area contributed by atoms with E-state index in [2.05, 4.69) is 10.6 Å². The molecule has 0 aromatic rings. The maximum Gasteiger partial charge on any atom is 0.328 e. The molecule has 0 aromatic carbocycles. The zero-order valence-corrected chi connectivity index (χ0v) is 12.1. The van der Waals surface area contributed by atoms with Crippen LogP contribution >= 0.6 is 0 Å². The Morgan fingerprint density at radius 2 is 1.83 bits per heavy atom. The molecule has 0 rings (SSSR count). The highest BCUT2D eigenvalue weighted by atomic mass is 16.5. The zero-order chi connectivity index (χ0) is 14.1. The topological polar surface area (TPSA) is 67.4 Å². The highest BCUT2D eigenvalue weighted by Crippen LogP contribution is 2.06. The molecule has 0 aliphatic carbocycles. The monoisotopic (exact) mass is 258 g/mol. The van der Waals surface area contributed by atoms with Gasteiger partial charge in [-0.15, -0.1) is 0 Å². The highest BCUT2D eigenvalue weighted by molar-refractivity contribution is 5.84. The lowest BCUT2D eigenvalue weighted by Crippen LogP contribution is -2.44. The van der Waals surface area contributed by atoms with Gasteiger partial charge in [0.05, 0.1) is 7.11 Å². The fourth-order valence-electron chi connectivity index (χ4n) is 1.78. The Morgan fingerprint density at radius 3 is 2.28 bits per heavy atom. The highest BCUT2D eigenvalue weighted by Gasteiger charge is 2.22. The number of carbonyl (C=O) groups excluding carboxylic acids is 2. The van der Waals surface area contributed by atoms with E-state index < -0.39 is 6.04 Å². The largest absolute Gasteiger partial charge is 0.467 e. The van der Waals surface area contributed by atoms with E-state index in [4.69, 9.17) is 4.74 Å². The number of rotatable bonds is 8. The van der Waals surface area contributed by atoms with Gasteiger partial charge in [0.15, 0.2) is 0 Å². The van der Waals surface area contributed by atoms with Gasteiger partial charge < -0.3 is 15.4 Å². The van der Waals surface area contributed by atoms with E-state index in [9.17, 15) is 9.59 Å². The van der Waals surface area contributed by atoms with Crippen LogP contribution < -0.4 is 10.6 Å². The first kappa shape index (κ1) is 16.9. The minimum atomic E-state index is -0.545. The van der Waals surface area contributed by atoms with E-state index in [1.165, 1.54) is 7.11 Å². The van der Waals surface area contributed by atoms with E-state index in [-0.39, 0.29) is 17.9 Å². The summed E-state index contributed by atoms with van der Waals surface area (Å²) >= 11 is 0. The number of ether oxygens (including phenoxy) is 1. The summed E-state index contributed by atoms with van der Waals surface area (Å²) < 4.78 is 4.70. The van der Waals surface area contributed by atoms with E-state index in [0.717, 1.165) is 6.54 Å². The number of nitrogens with one attached hydrogen (secondary N) is 2. The van der Waals surface area contributed by atoms with Gasteiger partial charge in [-0.25, -0.2) is 4.79 Å². The number of carbonyl (C=O) groups is 2. The van der Waals surface area contributed by atoms with Gasteiger partial charge in [0.2, 0.25) is 5.91 Å². The Kier molecular flexibility index (Phi) is 8.37. The molecule has 2 N–H and O–H groups in total. The normalized spacial score (nSPS) is 14.1. The molecule has 0 radical (unpaired) electrons. The van der Waals surface area contributed by atoms with Gasteiger partial charge in [0.25, 0.3) is 0 Å². The van der Waals surface area contributed by atoms with Crippen molar-refractivity contribution in [1.82, 2.24) is 10.6 Å². The summed E-state index contributed by atoms with van der Waals surface area (Å²) in [4.78, 5) is 23.3. The molecule has 0 aliphatic rings. The molecule has 5 nitrogen and oxygen atoms in total. The van der Waals surface area contributed by atoms with Crippen molar-refractivity contribution >= 4 is 11.9 Å². The molecule has 0 spiro atoms. The SMILES string of the molecule is CCNC(C)CC(=O)NC(CC(C)C)C(=O)OC. The Bertz CT molecular complexity index is 267. The maximum atomic E-state index is 11.8. The molecule has 0 bridgehead atoms. The van der Waals surface area contributed by atoms with Crippen molar-refractivity contribution in [2.45, 2.75) is 52.6 Å². The molecular formula is C13H26N2O3. The van der Waals surface area contributed by atoms with Crippen molar-refractivity contribution in [3.63, 3.8) is 0 Å². The summed E-state index contributed by atoms with van der Waals surface area (Å²) in [5.74, 6) is -0.187. The number of amides is 1. The average molecular weight is 258 g/mol. The van der Waals surface area contributed by atoms with Crippen molar-refractivity contribution < 1.29 is 14.3 Å². The Morgan fingerprint density at radius 1 is 1.22 bits per heavy atom. The Balaban J connectivity index is 4.30. The van der Waals surface area contributed by atoms with Crippen LogP contribution in [0, 0.1) is 5.92 Å². The maximum absolute atomic E-state index is 11.8. The van der Waals surface area contributed by atoms with Crippen LogP contribution in [0.1, 0.15) is 40.5 Å². The summed E-state index contributed by atoms with van der Waals surface area (Å²) in [7, 11) is 1.34. The van der Waals surface area contributed by atoms with Gasteiger partial charge in [-0.3, -0.25) is 4.79 Å². The molecule has 2 atom stereocenters. The second-order valence-electron chi connectivity index (χ2n) is 4.94. The summed E-state index contributed by atoms with van der Waals surface area (Å²) in [6, 6.07) is -0.441. The van der Waals surface area contributed by atoms with Crippen molar-refractivity contribution in [2.24, 2.45) is 5.92 Å². The van der Waals surface area contributed by atoms with Gasteiger partial charge in [0, 0.05) is 12.5 Å². The van der Waals surface area contributed by atoms with Gasteiger partial charge in [-0.2, -0.15) is 0 Å². The predicted molar refractivity (Wildman–Crippen MR) is 71.2 cm³/mol. The molecule has 106 valence electrons. The first-order valence-corrected chi connectivity index (χ1v) is 6.51. The van der Waals surface area contributed by atoms with Gasteiger partial charge in [-0.05, 0) is 25.8 Å². The summed E-state index contributed by atoms with van der Waals surface area (Å²) in [5.41, 5.74) is 0. The third-order valence-corrected chi connectivity index (χ3v) is 2.57. The van der Waals surface area contributed by atoms with Crippen LogP contribution in [0.25, 0.3) is 0 Å². The quantitative estimate of drug-likeness (QED) is 0.639. The minimum absolute atomic E-state index is 0.104. The van der Waals surface area contributed by atoms with E-state index >= 15 is 0 Å². The third kappa shape index (κ3) is 7.27. The van der Waals surface area contributed by atoms with Gasteiger partial charge in [-0.1, -0.05) is 20.8 Å². The average Bonchev–Trinajstić information content (AvgIpc) is 2.26. The Hall–Kier alpha value is -1.10. The van der Waals surface area contributed by atoms with Crippen LogP contribution in [-0.2, 0) is 14.3 Å². The molecule has 0 aliphatic heterocycles. The molecule has 1 amide bonds. The molecule has 0 saturated carbocycles. The molecule has 5 heteroatoms. The molecule has 0 aromatic heterocycles. The van der Waals surface area contributed by atoms with Crippen LogP contribution in [0.4, 0.5) is 0 Å². The second kappa shape index (κ2) is 8.91. The minimum Gasteiger partial charge on any atom is -0.467 e. The van der Waals surface area contributed by atoms with Gasteiger partial charge >= 0.3 is 5.97 Å². The third-order valence-electron chi connectivity index (χ3n) is 2.57. The van der Waals surface area contributed by atoms with E-state index in [1.807, 2.05) is 27.7 Å². The fourth-order valence-corrected chi connectivity index (χ4v) is 1.78. The van der Waals surface area contributed by atoms with Crippen LogP contribution in [0.2, 0.25) is 0 Å². The number of hydrogen-bond acceptors (Lipinski definition) is 4. The van der Waals surface area contributed by atoms with Crippen molar-refractivity contribution in [3.05, 3.63) is 0 Å². The molecule has 18 heavy (non-hydrogen) atoms. The molecule has 2 unspecified atom stereocenters. The second-order valence-corrected chi connectivity index (χ2v) is 4.94. The van der Waals surface area contributed by atoms with Crippen molar-refractivity contribution in [1.29, 1.82) is 0 Å². The molecule has 0 fully saturated rings. The lowest BCUT2D eigenvalue weighted by molar-refractivity contribution is -0.145. The van der Waals surface area contributed by atoms with Crippen LogP contribution in [0.3, 0.4) is 0 Å². The molecular weight excluding hydrogens is 232 g/mol. The summed E-state index contributed by atoms with van der Waals surface area (Å²) in [6.45, 7) is 8.76. The van der Waals surface area contributed by atoms with Crippen LogP contribution in [0.15, 0.2) is 0 Å². The van der Waals surface area contributed by atoms with E-state index in [1.54, 1.807) is 0 Å². The van der Waals surface area contributed by atoms with Gasteiger partial charge in [0.1, 0.15) is 6.04 Å². The Labute approximate surface area is 110 Å². The first-order chi connectivity index (χ1) is 8.40. The van der Waals surface area contributed by atoms with Crippen molar-refractivity contribution in [3.8, 4) is 0 Å². The standard InChI is InChI=1S/C13H26N2O3/c1-6-14-10(4)8-12(16)15-11(7-9(2)3)13(17)18-5/h9-11,14H,6-8H2,1-5H3,(H,15,16). The van der Waals surface area contributed by atoms with Crippen LogP contribution in [0.5, 0.6) is 0 Å². The van der Waals surface area contributed by atoms with Crippen LogP contribution in [-0.4, -0.2) is 37.6 Å². The fraction of sp³-hybridized carbons (Fsp3) is 0.846. The predicted octanol–water partition coefficient (Wildman–Crippen LogP) is 1.08. The van der Waals surface area contributed by atoms with Crippen molar-refractivity contribution in [2.75, 3.05) is 13.7 Å². The smallest absolute Gasteiger partial charge is 0.328 e. The lowest BCUT2D eigenvalue weighted by atomic mass is 10.0.